The second-order valence-electron chi connectivity index (χ2n) is 6.19. The van der Waals surface area contributed by atoms with Crippen molar-refractivity contribution in [1.29, 1.82) is 0 Å². The summed E-state index contributed by atoms with van der Waals surface area (Å²) in [6.07, 6.45) is -0.766. The Morgan fingerprint density at radius 2 is 1.89 bits per heavy atom. The maximum absolute atomic E-state index is 10.6. The van der Waals surface area contributed by atoms with E-state index in [2.05, 4.69) is 40.7 Å². The molecule has 0 aliphatic rings. The molecule has 0 aliphatic carbocycles. The zero-order valence-corrected chi connectivity index (χ0v) is 19.2. The van der Waals surface area contributed by atoms with Gasteiger partial charge >= 0.3 is 0 Å². The Labute approximate surface area is 184 Å². The van der Waals surface area contributed by atoms with Crippen LogP contribution in [0, 0.1) is 6.92 Å². The van der Waals surface area contributed by atoms with Crippen LogP contribution in [0.15, 0.2) is 47.5 Å². The molecule has 0 aromatic heterocycles. The number of aryl methyl sites for hydroxylation is 1. The summed E-state index contributed by atoms with van der Waals surface area (Å²) in [6.45, 7) is 5.66. The van der Waals surface area contributed by atoms with Crippen LogP contribution < -0.4 is 20.1 Å². The molecule has 0 amide bonds. The van der Waals surface area contributed by atoms with Crippen LogP contribution in [0.25, 0.3) is 0 Å². The van der Waals surface area contributed by atoms with Gasteiger partial charge in [-0.1, -0.05) is 29.8 Å². The first-order valence-corrected chi connectivity index (χ1v) is 9.05. The summed E-state index contributed by atoms with van der Waals surface area (Å²) in [5.41, 5.74) is 3.02. The highest BCUT2D eigenvalue weighted by molar-refractivity contribution is 14.0. The van der Waals surface area contributed by atoms with Crippen molar-refractivity contribution in [2.24, 2.45) is 4.99 Å². The van der Waals surface area contributed by atoms with E-state index in [4.69, 9.17) is 9.47 Å². The number of aliphatic imine (C=N–C) groups is 1. The second-order valence-corrected chi connectivity index (χ2v) is 6.19. The minimum absolute atomic E-state index is 0. The number of aliphatic hydroxyl groups excluding tert-OH is 1. The summed E-state index contributed by atoms with van der Waals surface area (Å²) in [5.74, 6) is 1.94. The van der Waals surface area contributed by atoms with Crippen LogP contribution in [0.3, 0.4) is 0 Å². The fourth-order valence-electron chi connectivity index (χ4n) is 2.73. The third kappa shape index (κ3) is 7.20. The summed E-state index contributed by atoms with van der Waals surface area (Å²) in [5, 5.41) is 17.0. The fourth-order valence-corrected chi connectivity index (χ4v) is 2.73. The molecule has 2 aromatic carbocycles. The highest BCUT2D eigenvalue weighted by Crippen LogP contribution is 2.29. The number of halogens is 1. The first-order chi connectivity index (χ1) is 13.1. The molecule has 0 saturated heterocycles. The maximum Gasteiger partial charge on any atom is 0.191 e. The minimum atomic E-state index is -0.766. The number of guanidine groups is 1. The zero-order valence-electron chi connectivity index (χ0n) is 16.9. The molecular formula is C21H30IN3O3. The zero-order chi connectivity index (χ0) is 19.6. The van der Waals surface area contributed by atoms with Crippen LogP contribution in [0.5, 0.6) is 11.5 Å². The molecule has 28 heavy (non-hydrogen) atoms. The summed E-state index contributed by atoms with van der Waals surface area (Å²) >= 11 is 0. The van der Waals surface area contributed by atoms with Gasteiger partial charge in [-0.2, -0.15) is 0 Å². The third-order valence-corrected chi connectivity index (χ3v) is 4.11. The van der Waals surface area contributed by atoms with Crippen molar-refractivity contribution in [2.45, 2.75) is 26.5 Å². The number of hydrogen-bond donors (Lipinski definition) is 3. The van der Waals surface area contributed by atoms with Crippen LogP contribution in [0.1, 0.15) is 29.7 Å². The average Bonchev–Trinajstić information content (AvgIpc) is 2.69. The number of nitrogens with one attached hydrogen (secondary N) is 2. The number of benzene rings is 2. The number of ether oxygens (including phenoxy) is 2. The molecular weight excluding hydrogens is 469 g/mol. The fraction of sp³-hybridized carbons (Fsp3) is 0.381. The molecule has 6 nitrogen and oxygen atoms in total. The topological polar surface area (TPSA) is 75.1 Å². The molecule has 3 N–H and O–H groups in total. The van der Waals surface area contributed by atoms with Crippen LogP contribution in [0.4, 0.5) is 0 Å². The largest absolute Gasteiger partial charge is 0.497 e. The summed E-state index contributed by atoms with van der Waals surface area (Å²) in [6, 6.07) is 13.6. The smallest absolute Gasteiger partial charge is 0.191 e. The quantitative estimate of drug-likeness (QED) is 0.295. The molecule has 2 rings (SSSR count). The van der Waals surface area contributed by atoms with Gasteiger partial charge in [0, 0.05) is 18.7 Å². The molecule has 0 aliphatic heterocycles. The first kappa shape index (κ1) is 24.0. The molecule has 1 atom stereocenters. The SMILES string of the molecule is CCNC(=NCc1cccc(C)c1)NCC(O)c1cc(OC)ccc1OC.I. The van der Waals surface area contributed by atoms with Gasteiger partial charge in [0.2, 0.25) is 0 Å². The van der Waals surface area contributed by atoms with Gasteiger partial charge in [-0.3, -0.25) is 0 Å². The van der Waals surface area contributed by atoms with Gasteiger partial charge in [0.1, 0.15) is 11.5 Å². The molecule has 0 bridgehead atoms. The maximum atomic E-state index is 10.6. The number of rotatable bonds is 8. The van der Waals surface area contributed by atoms with Gasteiger partial charge in [0.25, 0.3) is 0 Å². The van der Waals surface area contributed by atoms with Gasteiger partial charge in [-0.15, -0.1) is 24.0 Å². The van der Waals surface area contributed by atoms with E-state index >= 15 is 0 Å². The number of aliphatic hydroxyl groups is 1. The molecule has 2 aromatic rings. The van der Waals surface area contributed by atoms with Crippen molar-refractivity contribution in [2.75, 3.05) is 27.3 Å². The van der Waals surface area contributed by atoms with Crippen molar-refractivity contribution in [3.05, 3.63) is 59.2 Å². The number of hydrogen-bond acceptors (Lipinski definition) is 4. The molecule has 0 saturated carbocycles. The molecule has 0 fully saturated rings. The lowest BCUT2D eigenvalue weighted by atomic mass is 10.1. The lowest BCUT2D eigenvalue weighted by Crippen LogP contribution is -2.39. The van der Waals surface area contributed by atoms with E-state index < -0.39 is 6.10 Å². The Balaban J connectivity index is 0.00000392. The van der Waals surface area contributed by atoms with Gasteiger partial charge in [-0.05, 0) is 37.6 Å². The van der Waals surface area contributed by atoms with Crippen molar-refractivity contribution >= 4 is 29.9 Å². The van der Waals surface area contributed by atoms with E-state index in [0.717, 1.165) is 12.1 Å². The number of methoxy groups -OCH3 is 2. The summed E-state index contributed by atoms with van der Waals surface area (Å²) in [4.78, 5) is 4.59. The van der Waals surface area contributed by atoms with Gasteiger partial charge in [0.15, 0.2) is 5.96 Å². The Bertz CT molecular complexity index is 768. The monoisotopic (exact) mass is 499 g/mol. The van der Waals surface area contributed by atoms with Gasteiger partial charge < -0.3 is 25.2 Å². The Morgan fingerprint density at radius 1 is 1.11 bits per heavy atom. The van der Waals surface area contributed by atoms with Crippen LogP contribution in [-0.2, 0) is 6.54 Å². The lowest BCUT2D eigenvalue weighted by Gasteiger charge is -2.18. The highest BCUT2D eigenvalue weighted by Gasteiger charge is 2.15. The average molecular weight is 499 g/mol. The normalized spacial score (nSPS) is 12.0. The van der Waals surface area contributed by atoms with Crippen molar-refractivity contribution in [1.82, 2.24) is 10.6 Å². The number of nitrogens with zero attached hydrogens (tertiary/aromatic N) is 1. The van der Waals surface area contributed by atoms with E-state index in [1.807, 2.05) is 13.0 Å². The first-order valence-electron chi connectivity index (χ1n) is 9.05. The molecule has 154 valence electrons. The van der Waals surface area contributed by atoms with Crippen molar-refractivity contribution < 1.29 is 14.6 Å². The van der Waals surface area contributed by atoms with Crippen molar-refractivity contribution in [3.8, 4) is 11.5 Å². The molecule has 0 heterocycles. The van der Waals surface area contributed by atoms with Crippen molar-refractivity contribution in [3.63, 3.8) is 0 Å². The van der Waals surface area contributed by atoms with Gasteiger partial charge in [-0.25, -0.2) is 4.99 Å². The van der Waals surface area contributed by atoms with Gasteiger partial charge in [0.05, 0.1) is 26.9 Å². The second kappa shape index (κ2) is 12.5. The van der Waals surface area contributed by atoms with Crippen LogP contribution in [-0.4, -0.2) is 38.4 Å². The van der Waals surface area contributed by atoms with Crippen LogP contribution in [0.2, 0.25) is 0 Å². The Kier molecular flexibility index (Phi) is 10.7. The Morgan fingerprint density at radius 3 is 2.54 bits per heavy atom. The van der Waals surface area contributed by atoms with E-state index in [0.29, 0.717) is 36.1 Å². The third-order valence-electron chi connectivity index (χ3n) is 4.11. The van der Waals surface area contributed by atoms with E-state index in [9.17, 15) is 5.11 Å². The lowest BCUT2D eigenvalue weighted by molar-refractivity contribution is 0.176. The van der Waals surface area contributed by atoms with Crippen LogP contribution >= 0.6 is 24.0 Å². The highest BCUT2D eigenvalue weighted by atomic mass is 127. The Hall–Kier alpha value is -2.00. The molecule has 7 heteroatoms. The standard InChI is InChI=1S/C21H29N3O3.HI/c1-5-22-21(23-13-16-8-6-7-15(2)11-16)24-14-19(25)18-12-17(26-3)9-10-20(18)27-4;/h6-12,19,25H,5,13-14H2,1-4H3,(H2,22,23,24);1H. The minimum Gasteiger partial charge on any atom is -0.497 e. The molecule has 0 radical (unpaired) electrons. The summed E-state index contributed by atoms with van der Waals surface area (Å²) in [7, 11) is 3.18. The van der Waals surface area contributed by atoms with E-state index in [-0.39, 0.29) is 24.0 Å². The molecule has 0 spiro atoms. The van der Waals surface area contributed by atoms with E-state index in [1.165, 1.54) is 5.56 Å². The molecule has 1 unspecified atom stereocenters. The predicted molar refractivity (Wildman–Crippen MR) is 124 cm³/mol. The van der Waals surface area contributed by atoms with E-state index in [1.54, 1.807) is 32.4 Å². The summed E-state index contributed by atoms with van der Waals surface area (Å²) < 4.78 is 10.6. The predicted octanol–water partition coefficient (Wildman–Crippen LogP) is 3.42.